The monoisotopic (exact) mass is 707 g/mol. The number of carbonyl (C=O) groups excluding carboxylic acids is 3. The number of amides is 2. The largest absolute Gasteiger partial charge is 0.372 e. The van der Waals surface area contributed by atoms with Crippen molar-refractivity contribution in [3.8, 4) is 11.1 Å². The van der Waals surface area contributed by atoms with E-state index in [0.29, 0.717) is 46.8 Å². The number of rotatable bonds is 10. The third-order valence-electron chi connectivity index (χ3n) is 9.19. The lowest BCUT2D eigenvalue weighted by molar-refractivity contribution is -0.138. The summed E-state index contributed by atoms with van der Waals surface area (Å²) in [5.74, 6) is 0.318. The summed E-state index contributed by atoms with van der Waals surface area (Å²) in [6, 6.07) is 18.5. The fraction of sp³-hybridized carbons (Fsp3) is 0.306. The van der Waals surface area contributed by atoms with Crippen LogP contribution in [-0.2, 0) is 34.1 Å². The first kappa shape index (κ1) is 31.8. The van der Waals surface area contributed by atoms with Gasteiger partial charge >= 0.3 is 0 Å². The Morgan fingerprint density at radius 3 is 2.48 bits per heavy atom. The van der Waals surface area contributed by atoms with Crippen molar-refractivity contribution >= 4 is 50.2 Å². The van der Waals surface area contributed by atoms with E-state index in [2.05, 4.69) is 48.2 Å². The predicted octanol–water partition coefficient (Wildman–Crippen LogP) is 5.90. The molecule has 1 saturated heterocycles. The van der Waals surface area contributed by atoms with Crippen LogP contribution >= 0.6 is 15.9 Å². The van der Waals surface area contributed by atoms with Gasteiger partial charge < -0.3 is 15.0 Å². The lowest BCUT2D eigenvalue weighted by Crippen LogP contribution is -2.46. The number of nitrogens with zero attached hydrogens (tertiary/aromatic N) is 6. The average molecular weight is 709 g/mol. The third kappa shape index (κ3) is 6.37. The van der Waals surface area contributed by atoms with Crippen molar-refractivity contribution < 1.29 is 19.1 Å². The highest BCUT2D eigenvalue weighted by Gasteiger charge is 2.64. The molecule has 2 amide bonds. The number of ether oxygens (including phenoxy) is 1. The summed E-state index contributed by atoms with van der Waals surface area (Å²) >= 11 is 3.45. The van der Waals surface area contributed by atoms with Crippen molar-refractivity contribution in [1.29, 1.82) is 0 Å². The molecule has 3 aromatic heterocycles. The standard InChI is InChI=1S/C36H34BrN7O4/c1-21(45)34-27-13-25(26-16-38-22(2)39-17-26)9-10-28(27)43(42-34)18-33(46)44-29(14-36(3)15-30(36)44)35(47)41-32-12-24(11-31(37)40-32)20-48-19-23-7-5-4-6-8-23/h4-13,16-17,29-30H,14-15,18-20H2,1-3H3,(H,40,41,47)/t29-,30+,36-/m0/s1. The Morgan fingerprint density at radius 1 is 0.979 bits per heavy atom. The molecule has 0 bridgehead atoms. The number of aryl methyl sites for hydroxylation is 1. The maximum Gasteiger partial charge on any atom is 0.248 e. The molecule has 7 rings (SSSR count). The van der Waals surface area contributed by atoms with Crippen LogP contribution in [-0.4, -0.2) is 59.3 Å². The minimum atomic E-state index is -0.665. The molecule has 12 heteroatoms. The molecule has 4 heterocycles. The minimum absolute atomic E-state index is 0.0413. The van der Waals surface area contributed by atoms with Gasteiger partial charge in [0.15, 0.2) is 5.78 Å². The van der Waals surface area contributed by atoms with Gasteiger partial charge in [0.2, 0.25) is 11.8 Å². The molecule has 2 fully saturated rings. The predicted molar refractivity (Wildman–Crippen MR) is 183 cm³/mol. The highest BCUT2D eigenvalue weighted by Crippen LogP contribution is 2.59. The molecule has 1 N–H and O–H groups in total. The molecule has 0 radical (unpaired) electrons. The van der Waals surface area contributed by atoms with Gasteiger partial charge in [0, 0.05) is 36.3 Å². The van der Waals surface area contributed by atoms with Gasteiger partial charge in [0.05, 0.1) is 18.7 Å². The van der Waals surface area contributed by atoms with Crippen molar-refractivity contribution in [3.05, 3.63) is 100 Å². The summed E-state index contributed by atoms with van der Waals surface area (Å²) in [5.41, 5.74) is 4.38. The molecule has 2 aliphatic rings. The van der Waals surface area contributed by atoms with Crippen LogP contribution in [0.4, 0.5) is 5.82 Å². The van der Waals surface area contributed by atoms with E-state index < -0.39 is 6.04 Å². The molecule has 1 saturated carbocycles. The second kappa shape index (κ2) is 12.7. The Hall–Kier alpha value is -4.81. The summed E-state index contributed by atoms with van der Waals surface area (Å²) in [4.78, 5) is 55.1. The summed E-state index contributed by atoms with van der Waals surface area (Å²) in [6.07, 6.45) is 4.86. The molecule has 3 atom stereocenters. The van der Waals surface area contributed by atoms with Gasteiger partial charge in [-0.3, -0.25) is 19.1 Å². The first-order valence-electron chi connectivity index (χ1n) is 15.8. The topological polar surface area (TPSA) is 132 Å². The fourth-order valence-electron chi connectivity index (χ4n) is 6.62. The number of carbonyl (C=O) groups is 3. The number of fused-ring (bicyclic) bond motifs is 2. The molecule has 244 valence electrons. The highest BCUT2D eigenvalue weighted by molar-refractivity contribution is 9.10. The molecular formula is C36H34BrN7O4. The second-order valence-electron chi connectivity index (χ2n) is 12.9. The van der Waals surface area contributed by atoms with E-state index >= 15 is 0 Å². The Labute approximate surface area is 285 Å². The maximum atomic E-state index is 14.0. The molecule has 1 aliphatic heterocycles. The number of halogens is 1. The normalized spacial score (nSPS) is 19.7. The third-order valence-corrected chi connectivity index (χ3v) is 9.60. The maximum absolute atomic E-state index is 14.0. The molecule has 0 unspecified atom stereocenters. The SMILES string of the molecule is CC(=O)c1nn(CC(=O)N2[C@H](C(=O)Nc3cc(COCc4ccccc4)cc(Br)n3)C[C@@]3(C)C[C@@H]23)c2ccc(-c3cnc(C)nc3)cc12. The Bertz CT molecular complexity index is 2050. The van der Waals surface area contributed by atoms with Gasteiger partial charge in [0.25, 0.3) is 0 Å². The van der Waals surface area contributed by atoms with Crippen molar-refractivity contribution in [2.75, 3.05) is 5.32 Å². The molecule has 11 nitrogen and oxygen atoms in total. The second-order valence-corrected chi connectivity index (χ2v) is 13.7. The Kier molecular flexibility index (Phi) is 8.38. The van der Waals surface area contributed by atoms with Gasteiger partial charge in [-0.2, -0.15) is 5.10 Å². The van der Waals surface area contributed by atoms with Crippen molar-refractivity contribution in [2.24, 2.45) is 5.41 Å². The van der Waals surface area contributed by atoms with Gasteiger partial charge in [-0.15, -0.1) is 0 Å². The number of benzene rings is 2. The smallest absolute Gasteiger partial charge is 0.248 e. The van der Waals surface area contributed by atoms with Crippen LogP contribution in [0.2, 0.25) is 0 Å². The zero-order valence-electron chi connectivity index (χ0n) is 26.8. The number of hydrogen-bond acceptors (Lipinski definition) is 8. The van der Waals surface area contributed by atoms with Gasteiger partial charge in [-0.05, 0) is 82.1 Å². The van der Waals surface area contributed by atoms with Crippen molar-refractivity contribution in [1.82, 2.24) is 29.6 Å². The number of hydrogen-bond donors (Lipinski definition) is 1. The zero-order chi connectivity index (χ0) is 33.6. The quantitative estimate of drug-likeness (QED) is 0.140. The molecular weight excluding hydrogens is 674 g/mol. The number of ketones is 1. The lowest BCUT2D eigenvalue weighted by Gasteiger charge is -2.27. The van der Waals surface area contributed by atoms with Crippen LogP contribution in [0.5, 0.6) is 0 Å². The number of anilines is 1. The van der Waals surface area contributed by atoms with Gasteiger partial charge in [-0.1, -0.05) is 43.3 Å². The van der Waals surface area contributed by atoms with Crippen LogP contribution in [0.15, 0.2) is 77.7 Å². The number of pyridine rings is 1. The minimum Gasteiger partial charge on any atom is -0.372 e. The average Bonchev–Trinajstić information content (AvgIpc) is 3.42. The van der Waals surface area contributed by atoms with Crippen LogP contribution in [0.3, 0.4) is 0 Å². The van der Waals surface area contributed by atoms with E-state index in [0.717, 1.165) is 28.7 Å². The highest BCUT2D eigenvalue weighted by atomic mass is 79.9. The summed E-state index contributed by atoms with van der Waals surface area (Å²) in [6.45, 7) is 6.09. The molecule has 1 aliphatic carbocycles. The van der Waals surface area contributed by atoms with Gasteiger partial charge in [0.1, 0.15) is 34.5 Å². The van der Waals surface area contributed by atoms with E-state index in [4.69, 9.17) is 4.74 Å². The van der Waals surface area contributed by atoms with E-state index in [-0.39, 0.29) is 41.3 Å². The fourth-order valence-corrected chi connectivity index (χ4v) is 7.10. The molecule has 2 aromatic carbocycles. The number of piperidine rings is 1. The first-order valence-corrected chi connectivity index (χ1v) is 16.6. The summed E-state index contributed by atoms with van der Waals surface area (Å²) in [5, 5.41) is 8.16. The van der Waals surface area contributed by atoms with Gasteiger partial charge in [-0.25, -0.2) is 15.0 Å². The van der Waals surface area contributed by atoms with E-state index in [9.17, 15) is 14.4 Å². The number of likely N-dealkylation sites (tertiary alicyclic amines) is 1. The summed E-state index contributed by atoms with van der Waals surface area (Å²) in [7, 11) is 0. The van der Waals surface area contributed by atoms with Crippen LogP contribution < -0.4 is 5.32 Å². The van der Waals surface area contributed by atoms with E-state index in [1.165, 1.54) is 6.92 Å². The number of aromatic nitrogens is 5. The van der Waals surface area contributed by atoms with E-state index in [1.54, 1.807) is 28.0 Å². The zero-order valence-corrected chi connectivity index (χ0v) is 28.4. The van der Waals surface area contributed by atoms with E-state index in [1.807, 2.05) is 61.5 Å². The van der Waals surface area contributed by atoms with Crippen LogP contribution in [0.25, 0.3) is 22.0 Å². The van der Waals surface area contributed by atoms with Crippen molar-refractivity contribution in [2.45, 2.75) is 65.5 Å². The van der Waals surface area contributed by atoms with Crippen molar-refractivity contribution in [3.63, 3.8) is 0 Å². The Morgan fingerprint density at radius 2 is 1.73 bits per heavy atom. The number of Topliss-reactive ketones (excluding diaryl/α,β-unsaturated/α-hetero) is 1. The lowest BCUT2D eigenvalue weighted by atomic mass is 10.0. The summed E-state index contributed by atoms with van der Waals surface area (Å²) < 4.78 is 8.02. The molecule has 5 aromatic rings. The first-order chi connectivity index (χ1) is 23.1. The number of nitrogens with one attached hydrogen (secondary N) is 1. The van der Waals surface area contributed by atoms with Crippen LogP contribution in [0.1, 0.15) is 54.1 Å². The van der Waals surface area contributed by atoms with Crippen LogP contribution in [0, 0.1) is 12.3 Å². The Balaban J connectivity index is 1.08. The molecule has 0 spiro atoms. The molecule has 48 heavy (non-hydrogen) atoms.